The highest BCUT2D eigenvalue weighted by Crippen LogP contribution is 2.21. The zero-order chi connectivity index (χ0) is 24.1. The Hall–Kier alpha value is -4.40. The van der Waals surface area contributed by atoms with E-state index in [9.17, 15) is 19.7 Å². The quantitative estimate of drug-likeness (QED) is 0.455. The number of piperazine rings is 1. The molecule has 0 atom stereocenters. The molecular formula is C25H25N5O4. The van der Waals surface area contributed by atoms with Gasteiger partial charge in [0.25, 0.3) is 11.6 Å². The number of para-hydroxylation sites is 1. The molecule has 9 nitrogen and oxygen atoms in total. The van der Waals surface area contributed by atoms with Gasteiger partial charge in [0.2, 0.25) is 0 Å². The van der Waals surface area contributed by atoms with Gasteiger partial charge >= 0.3 is 6.03 Å². The first-order valence-electron chi connectivity index (χ1n) is 10.9. The lowest BCUT2D eigenvalue weighted by molar-refractivity contribution is -0.384. The molecule has 0 aromatic heterocycles. The Balaban J connectivity index is 1.34. The normalized spacial score (nSPS) is 13.3. The van der Waals surface area contributed by atoms with Crippen molar-refractivity contribution in [1.29, 1.82) is 0 Å². The third-order valence-electron chi connectivity index (χ3n) is 5.80. The summed E-state index contributed by atoms with van der Waals surface area (Å²) in [6.45, 7) is 2.26. The molecule has 0 aliphatic carbocycles. The highest BCUT2D eigenvalue weighted by Gasteiger charge is 2.22. The number of hydrogen-bond acceptors (Lipinski definition) is 5. The molecule has 1 heterocycles. The van der Waals surface area contributed by atoms with Gasteiger partial charge in [-0.25, -0.2) is 4.79 Å². The summed E-state index contributed by atoms with van der Waals surface area (Å²) >= 11 is 0. The maximum Gasteiger partial charge on any atom is 0.321 e. The number of nitrogens with zero attached hydrogens (tertiary/aromatic N) is 4. The van der Waals surface area contributed by atoms with Crippen LogP contribution in [0.25, 0.3) is 0 Å². The third-order valence-corrected chi connectivity index (χ3v) is 5.80. The number of nitro groups is 1. The van der Waals surface area contributed by atoms with Gasteiger partial charge in [0.1, 0.15) is 0 Å². The lowest BCUT2D eigenvalue weighted by Gasteiger charge is -2.36. The van der Waals surface area contributed by atoms with Crippen LogP contribution in [-0.4, -0.2) is 55.0 Å². The predicted octanol–water partition coefficient (Wildman–Crippen LogP) is 4.23. The molecule has 0 saturated carbocycles. The summed E-state index contributed by atoms with van der Waals surface area (Å²) in [4.78, 5) is 41.4. The Morgan fingerprint density at radius 2 is 1.59 bits per heavy atom. The van der Waals surface area contributed by atoms with Gasteiger partial charge in [0, 0.05) is 68.0 Å². The molecule has 1 aliphatic heterocycles. The average molecular weight is 460 g/mol. The zero-order valence-electron chi connectivity index (χ0n) is 18.8. The lowest BCUT2D eigenvalue weighted by Crippen LogP contribution is -2.50. The molecule has 0 bridgehead atoms. The molecule has 34 heavy (non-hydrogen) atoms. The van der Waals surface area contributed by atoms with E-state index >= 15 is 0 Å². The molecule has 9 heteroatoms. The molecule has 1 N–H and O–H groups in total. The van der Waals surface area contributed by atoms with Crippen LogP contribution in [-0.2, 0) is 0 Å². The van der Waals surface area contributed by atoms with Crippen LogP contribution in [0.3, 0.4) is 0 Å². The topological polar surface area (TPSA) is 99.0 Å². The van der Waals surface area contributed by atoms with Gasteiger partial charge in [-0.1, -0.05) is 24.3 Å². The van der Waals surface area contributed by atoms with Crippen LogP contribution in [0.4, 0.5) is 27.5 Å². The molecule has 1 aliphatic rings. The SMILES string of the molecule is CN(C(=O)c1cccc(NC(=O)N2CCN(c3ccc([N+](=O)[O-])cc3)CC2)c1)c1ccccc1. The molecule has 3 aromatic rings. The molecule has 3 amide bonds. The second-order valence-corrected chi connectivity index (χ2v) is 7.96. The number of carbonyl (C=O) groups is 2. The second-order valence-electron chi connectivity index (χ2n) is 7.96. The van der Waals surface area contributed by atoms with Crippen LogP contribution >= 0.6 is 0 Å². The van der Waals surface area contributed by atoms with Crippen LogP contribution in [0.5, 0.6) is 0 Å². The summed E-state index contributed by atoms with van der Waals surface area (Å²) in [5, 5.41) is 13.7. The fraction of sp³-hybridized carbons (Fsp3) is 0.200. The van der Waals surface area contributed by atoms with Crippen LogP contribution in [0.1, 0.15) is 10.4 Å². The second kappa shape index (κ2) is 10.0. The first-order valence-corrected chi connectivity index (χ1v) is 10.9. The molecule has 1 saturated heterocycles. The standard InChI is InChI=1S/C25H25N5O4/c1-27(21-8-3-2-4-9-21)24(31)19-6-5-7-20(18-19)26-25(32)29-16-14-28(15-17-29)22-10-12-23(13-11-22)30(33)34/h2-13,18H,14-17H2,1H3,(H,26,32). The Labute approximate surface area is 197 Å². The van der Waals surface area contributed by atoms with Crippen molar-refractivity contribution in [2.24, 2.45) is 0 Å². The van der Waals surface area contributed by atoms with Crippen molar-refractivity contribution in [3.05, 3.63) is 94.5 Å². The Morgan fingerprint density at radius 3 is 2.24 bits per heavy atom. The summed E-state index contributed by atoms with van der Waals surface area (Å²) in [5.74, 6) is -0.168. The maximum atomic E-state index is 12.9. The molecule has 4 rings (SSSR count). The number of rotatable bonds is 5. The summed E-state index contributed by atoms with van der Waals surface area (Å²) in [6.07, 6.45) is 0. The Kier molecular flexibility index (Phi) is 6.72. The van der Waals surface area contributed by atoms with E-state index in [4.69, 9.17) is 0 Å². The van der Waals surface area contributed by atoms with Crippen LogP contribution in [0.15, 0.2) is 78.9 Å². The highest BCUT2D eigenvalue weighted by atomic mass is 16.6. The summed E-state index contributed by atoms with van der Waals surface area (Å²) in [6, 6.07) is 22.4. The van der Waals surface area contributed by atoms with Crippen molar-refractivity contribution < 1.29 is 14.5 Å². The first kappa shape index (κ1) is 22.8. The van der Waals surface area contributed by atoms with E-state index in [1.54, 1.807) is 53.2 Å². The first-order chi connectivity index (χ1) is 16.4. The number of benzene rings is 3. The van der Waals surface area contributed by atoms with Gasteiger partial charge in [-0.05, 0) is 42.5 Å². The third kappa shape index (κ3) is 5.15. The molecule has 0 spiro atoms. The maximum absolute atomic E-state index is 12.9. The van der Waals surface area contributed by atoms with E-state index in [0.717, 1.165) is 11.4 Å². The summed E-state index contributed by atoms with van der Waals surface area (Å²) < 4.78 is 0. The van der Waals surface area contributed by atoms with Crippen molar-refractivity contribution >= 4 is 34.7 Å². The molecule has 174 valence electrons. The number of anilines is 3. The van der Waals surface area contributed by atoms with E-state index in [1.165, 1.54) is 12.1 Å². The van der Waals surface area contributed by atoms with E-state index in [-0.39, 0.29) is 17.6 Å². The number of nitrogens with one attached hydrogen (secondary N) is 1. The number of non-ortho nitro benzene ring substituents is 1. The van der Waals surface area contributed by atoms with E-state index in [0.29, 0.717) is 37.4 Å². The monoisotopic (exact) mass is 459 g/mol. The molecular weight excluding hydrogens is 434 g/mol. The largest absolute Gasteiger partial charge is 0.368 e. The van der Waals surface area contributed by atoms with Gasteiger partial charge in [-0.15, -0.1) is 0 Å². The van der Waals surface area contributed by atoms with Crippen molar-refractivity contribution in [2.75, 3.05) is 48.3 Å². The van der Waals surface area contributed by atoms with Crippen LogP contribution < -0.4 is 15.1 Å². The van der Waals surface area contributed by atoms with Gasteiger partial charge < -0.3 is 20.0 Å². The van der Waals surface area contributed by atoms with Gasteiger partial charge in [-0.3, -0.25) is 14.9 Å². The van der Waals surface area contributed by atoms with Crippen molar-refractivity contribution in [2.45, 2.75) is 0 Å². The average Bonchev–Trinajstić information content (AvgIpc) is 2.88. The van der Waals surface area contributed by atoms with Crippen molar-refractivity contribution in [1.82, 2.24) is 4.90 Å². The fourth-order valence-corrected chi connectivity index (χ4v) is 3.85. The number of carbonyl (C=O) groups excluding carboxylic acids is 2. The van der Waals surface area contributed by atoms with Crippen molar-refractivity contribution in [3.8, 4) is 0 Å². The number of urea groups is 1. The fourth-order valence-electron chi connectivity index (χ4n) is 3.85. The summed E-state index contributed by atoms with van der Waals surface area (Å²) in [5.41, 5.74) is 2.76. The number of hydrogen-bond donors (Lipinski definition) is 1. The smallest absolute Gasteiger partial charge is 0.321 e. The summed E-state index contributed by atoms with van der Waals surface area (Å²) in [7, 11) is 1.72. The number of amides is 3. The van der Waals surface area contributed by atoms with Gasteiger partial charge in [-0.2, -0.15) is 0 Å². The molecule has 0 radical (unpaired) electrons. The van der Waals surface area contributed by atoms with E-state index < -0.39 is 4.92 Å². The van der Waals surface area contributed by atoms with E-state index in [2.05, 4.69) is 10.2 Å². The minimum Gasteiger partial charge on any atom is -0.368 e. The number of nitro benzene ring substituents is 1. The molecule has 1 fully saturated rings. The molecule has 3 aromatic carbocycles. The van der Waals surface area contributed by atoms with Gasteiger partial charge in [0.05, 0.1) is 4.92 Å². The Morgan fingerprint density at radius 1 is 0.912 bits per heavy atom. The van der Waals surface area contributed by atoms with Crippen LogP contribution in [0.2, 0.25) is 0 Å². The lowest BCUT2D eigenvalue weighted by atomic mass is 10.1. The van der Waals surface area contributed by atoms with Gasteiger partial charge in [0.15, 0.2) is 0 Å². The minimum atomic E-state index is -0.422. The van der Waals surface area contributed by atoms with Crippen molar-refractivity contribution in [3.63, 3.8) is 0 Å². The Bertz CT molecular complexity index is 1180. The van der Waals surface area contributed by atoms with E-state index in [1.807, 2.05) is 30.3 Å². The molecule has 0 unspecified atom stereocenters. The highest BCUT2D eigenvalue weighted by molar-refractivity contribution is 6.06. The van der Waals surface area contributed by atoms with Crippen LogP contribution in [0, 0.1) is 10.1 Å². The minimum absolute atomic E-state index is 0.0532. The predicted molar refractivity (Wildman–Crippen MR) is 132 cm³/mol. The zero-order valence-corrected chi connectivity index (χ0v) is 18.8.